The van der Waals surface area contributed by atoms with Crippen LogP contribution in [0.3, 0.4) is 0 Å². The van der Waals surface area contributed by atoms with E-state index in [0.717, 1.165) is 0 Å². The smallest absolute Gasteiger partial charge is 0.184 e. The Morgan fingerprint density at radius 3 is 2.56 bits per heavy atom. The van der Waals surface area contributed by atoms with Gasteiger partial charge in [-0.05, 0) is 0 Å². The van der Waals surface area contributed by atoms with Gasteiger partial charge in [0.1, 0.15) is 30.4 Å². The summed E-state index contributed by atoms with van der Waals surface area (Å²) in [4.78, 5) is 20.2. The van der Waals surface area contributed by atoms with Crippen LogP contribution in [0, 0.1) is 0 Å². The molecule has 11 nitrogen and oxygen atoms in total. The standard InChI is InChI=1S/C16H23N7O4/c1-21(2)5-9(24)13-11(25)12(26)16(27-13)23-8-19-10-14(20-7-22(3)4)17-6-18-15(10)23/h5-8,11-13,16,24-26H,1-4H3/b9-5-,20-7?/t11-,12+,13+,16+/m0/s1. The van der Waals surface area contributed by atoms with Crippen LogP contribution in [0.4, 0.5) is 5.82 Å². The van der Waals surface area contributed by atoms with Gasteiger partial charge in [-0.1, -0.05) is 0 Å². The summed E-state index contributed by atoms with van der Waals surface area (Å²) in [5.74, 6) is 0.178. The van der Waals surface area contributed by atoms with Crippen LogP contribution in [0.1, 0.15) is 6.23 Å². The van der Waals surface area contributed by atoms with Gasteiger partial charge in [0, 0.05) is 34.4 Å². The third-order valence-electron chi connectivity index (χ3n) is 3.94. The molecule has 0 saturated carbocycles. The molecule has 1 fully saturated rings. The number of rotatable bonds is 5. The molecule has 0 aromatic carbocycles. The molecule has 0 spiro atoms. The zero-order valence-electron chi connectivity index (χ0n) is 15.5. The second-order valence-electron chi connectivity index (χ2n) is 6.68. The topological polar surface area (TPSA) is 132 Å². The number of fused-ring (bicyclic) bond motifs is 1. The molecule has 0 bridgehead atoms. The Kier molecular flexibility index (Phi) is 5.26. The highest BCUT2D eigenvalue weighted by Gasteiger charge is 2.46. The van der Waals surface area contributed by atoms with Crippen molar-refractivity contribution in [2.45, 2.75) is 24.5 Å². The monoisotopic (exact) mass is 377 g/mol. The van der Waals surface area contributed by atoms with E-state index in [9.17, 15) is 15.3 Å². The van der Waals surface area contributed by atoms with Crippen molar-refractivity contribution in [3.8, 4) is 0 Å². The van der Waals surface area contributed by atoms with Gasteiger partial charge in [0.25, 0.3) is 0 Å². The van der Waals surface area contributed by atoms with E-state index in [4.69, 9.17) is 4.74 Å². The quantitative estimate of drug-likeness (QED) is 0.362. The van der Waals surface area contributed by atoms with Crippen molar-refractivity contribution < 1.29 is 20.1 Å². The lowest BCUT2D eigenvalue weighted by atomic mass is 10.1. The number of hydrogen-bond donors (Lipinski definition) is 3. The predicted octanol–water partition coefficient (Wildman–Crippen LogP) is -0.372. The molecule has 11 heteroatoms. The fraction of sp³-hybridized carbons (Fsp3) is 0.500. The highest BCUT2D eigenvalue weighted by Crippen LogP contribution is 2.34. The largest absolute Gasteiger partial charge is 0.508 e. The van der Waals surface area contributed by atoms with Crippen LogP contribution in [-0.2, 0) is 4.74 Å². The Morgan fingerprint density at radius 1 is 1.15 bits per heavy atom. The highest BCUT2D eigenvalue weighted by molar-refractivity contribution is 5.82. The first-order valence-corrected chi connectivity index (χ1v) is 8.26. The first kappa shape index (κ1) is 19.0. The van der Waals surface area contributed by atoms with Crippen LogP contribution >= 0.6 is 0 Å². The van der Waals surface area contributed by atoms with Gasteiger partial charge in [-0.3, -0.25) is 4.57 Å². The molecular formula is C16H23N7O4. The summed E-state index contributed by atoms with van der Waals surface area (Å²) in [5.41, 5.74) is 0.821. The third-order valence-corrected chi connectivity index (χ3v) is 3.94. The number of ether oxygens (including phenoxy) is 1. The molecule has 1 aliphatic rings. The number of nitrogens with zero attached hydrogens (tertiary/aromatic N) is 7. The summed E-state index contributed by atoms with van der Waals surface area (Å²) in [7, 11) is 7.11. The van der Waals surface area contributed by atoms with Gasteiger partial charge in [0.05, 0.1) is 12.7 Å². The van der Waals surface area contributed by atoms with Crippen molar-refractivity contribution >= 4 is 23.3 Å². The van der Waals surface area contributed by atoms with Crippen LogP contribution in [0.2, 0.25) is 0 Å². The SMILES string of the molecule is CN(C)C=Nc1ncnc2c1ncn2[C@@H]1O[C@H](/C(O)=C/N(C)C)[C@@H](O)[C@H]1O. The van der Waals surface area contributed by atoms with Gasteiger partial charge in [-0.15, -0.1) is 0 Å². The van der Waals surface area contributed by atoms with Gasteiger partial charge in [0.2, 0.25) is 0 Å². The van der Waals surface area contributed by atoms with Gasteiger partial charge in [-0.2, -0.15) is 0 Å². The van der Waals surface area contributed by atoms with Crippen molar-refractivity contribution in [3.63, 3.8) is 0 Å². The molecule has 3 heterocycles. The molecule has 4 atom stereocenters. The zero-order valence-corrected chi connectivity index (χ0v) is 15.5. The minimum absolute atomic E-state index is 0.190. The van der Waals surface area contributed by atoms with Crippen LogP contribution in [0.25, 0.3) is 11.2 Å². The molecule has 1 saturated heterocycles. The summed E-state index contributed by atoms with van der Waals surface area (Å²) >= 11 is 0. The highest BCUT2D eigenvalue weighted by atomic mass is 16.6. The number of aromatic nitrogens is 4. The molecule has 0 amide bonds. The van der Waals surface area contributed by atoms with Crippen molar-refractivity contribution in [1.29, 1.82) is 0 Å². The molecule has 2 aromatic rings. The Bertz CT molecular complexity index is 864. The average Bonchev–Trinajstić information content (AvgIpc) is 3.15. The van der Waals surface area contributed by atoms with E-state index in [1.807, 2.05) is 14.1 Å². The average molecular weight is 377 g/mol. The molecule has 2 aromatic heterocycles. The van der Waals surface area contributed by atoms with Gasteiger partial charge < -0.3 is 29.9 Å². The van der Waals surface area contributed by atoms with E-state index in [1.54, 1.807) is 30.2 Å². The fourth-order valence-electron chi connectivity index (χ4n) is 2.76. The van der Waals surface area contributed by atoms with Crippen molar-refractivity contribution in [2.24, 2.45) is 4.99 Å². The molecule has 3 N–H and O–H groups in total. The minimum atomic E-state index is -1.31. The van der Waals surface area contributed by atoms with Crippen molar-refractivity contribution in [1.82, 2.24) is 29.3 Å². The van der Waals surface area contributed by atoms with Crippen LogP contribution in [-0.4, -0.2) is 97.5 Å². The maximum absolute atomic E-state index is 10.4. The van der Waals surface area contributed by atoms with Crippen molar-refractivity contribution in [3.05, 3.63) is 24.6 Å². The lowest BCUT2D eigenvalue weighted by molar-refractivity contribution is -0.0346. The van der Waals surface area contributed by atoms with Crippen LogP contribution < -0.4 is 0 Å². The predicted molar refractivity (Wildman–Crippen MR) is 97.5 cm³/mol. The number of hydrogen-bond acceptors (Lipinski definition) is 9. The van der Waals surface area contributed by atoms with E-state index in [1.165, 1.54) is 23.4 Å². The first-order chi connectivity index (χ1) is 12.8. The molecular weight excluding hydrogens is 354 g/mol. The maximum Gasteiger partial charge on any atom is 0.184 e. The van der Waals surface area contributed by atoms with Crippen LogP contribution in [0.15, 0.2) is 29.6 Å². The van der Waals surface area contributed by atoms with Crippen molar-refractivity contribution in [2.75, 3.05) is 28.2 Å². The van der Waals surface area contributed by atoms with Gasteiger partial charge >= 0.3 is 0 Å². The number of aliphatic hydroxyl groups is 3. The molecule has 0 unspecified atom stereocenters. The van der Waals surface area contributed by atoms with Crippen LogP contribution in [0.5, 0.6) is 0 Å². The number of aliphatic hydroxyl groups excluding tert-OH is 3. The first-order valence-electron chi connectivity index (χ1n) is 8.26. The van der Waals surface area contributed by atoms with Gasteiger partial charge in [0.15, 0.2) is 23.2 Å². The van der Waals surface area contributed by atoms with E-state index >= 15 is 0 Å². The zero-order chi connectivity index (χ0) is 19.7. The second-order valence-corrected chi connectivity index (χ2v) is 6.68. The summed E-state index contributed by atoms with van der Waals surface area (Å²) in [5, 5.41) is 30.9. The molecule has 3 rings (SSSR count). The number of imidazole rings is 1. The van der Waals surface area contributed by atoms with E-state index < -0.39 is 24.5 Å². The minimum Gasteiger partial charge on any atom is -0.508 e. The van der Waals surface area contributed by atoms with E-state index in [-0.39, 0.29) is 5.76 Å². The molecule has 0 radical (unpaired) electrons. The Balaban J connectivity index is 1.95. The van der Waals surface area contributed by atoms with E-state index in [2.05, 4.69) is 19.9 Å². The number of aliphatic imine (C=N–C) groups is 1. The summed E-state index contributed by atoms with van der Waals surface area (Å²) in [6, 6.07) is 0. The Labute approximate surface area is 155 Å². The normalized spacial score (nSPS) is 26.2. The lowest BCUT2D eigenvalue weighted by Gasteiger charge is -2.16. The van der Waals surface area contributed by atoms with Gasteiger partial charge in [-0.25, -0.2) is 19.9 Å². The third kappa shape index (κ3) is 3.70. The molecule has 146 valence electrons. The summed E-state index contributed by atoms with van der Waals surface area (Å²) in [6.07, 6.45) is 1.12. The summed E-state index contributed by atoms with van der Waals surface area (Å²) < 4.78 is 7.20. The molecule has 27 heavy (non-hydrogen) atoms. The summed E-state index contributed by atoms with van der Waals surface area (Å²) in [6.45, 7) is 0. The molecule has 0 aliphatic carbocycles. The Morgan fingerprint density at radius 2 is 1.89 bits per heavy atom. The van der Waals surface area contributed by atoms with E-state index in [0.29, 0.717) is 17.0 Å². The second kappa shape index (κ2) is 7.47. The molecule has 1 aliphatic heterocycles. The maximum atomic E-state index is 10.4. The Hall–Kier alpha value is -2.76. The lowest BCUT2D eigenvalue weighted by Crippen LogP contribution is -2.32. The fourth-order valence-corrected chi connectivity index (χ4v) is 2.76.